The van der Waals surface area contributed by atoms with Gasteiger partial charge in [-0.1, -0.05) is 24.3 Å². The Kier molecular flexibility index (Phi) is 5.52. The maximum Gasteiger partial charge on any atom is 0.236 e. The van der Waals surface area contributed by atoms with Crippen molar-refractivity contribution in [3.05, 3.63) is 35.4 Å². The summed E-state index contributed by atoms with van der Waals surface area (Å²) in [5.41, 5.74) is 2.47. The summed E-state index contributed by atoms with van der Waals surface area (Å²) < 4.78 is 5.65. The van der Waals surface area contributed by atoms with Gasteiger partial charge in [0.05, 0.1) is 17.0 Å². The maximum absolute atomic E-state index is 12.2. The van der Waals surface area contributed by atoms with Gasteiger partial charge in [0.2, 0.25) is 5.91 Å². The Morgan fingerprint density at radius 1 is 1.21 bits per heavy atom. The highest BCUT2D eigenvalue weighted by atomic mass is 32.2. The molecule has 4 nitrogen and oxygen atoms in total. The van der Waals surface area contributed by atoms with E-state index < -0.39 is 0 Å². The van der Waals surface area contributed by atoms with Gasteiger partial charge in [0.1, 0.15) is 0 Å². The van der Waals surface area contributed by atoms with Crippen LogP contribution in [0.3, 0.4) is 0 Å². The highest BCUT2D eigenvalue weighted by molar-refractivity contribution is 8.01. The van der Waals surface area contributed by atoms with Crippen LogP contribution in [0.1, 0.15) is 37.8 Å². The molecule has 1 aromatic carbocycles. The molecule has 1 heterocycles. The van der Waals surface area contributed by atoms with E-state index in [0.717, 1.165) is 38.0 Å². The minimum atomic E-state index is -0.135. The number of hydrogen-bond donors (Lipinski definition) is 1. The van der Waals surface area contributed by atoms with Crippen LogP contribution >= 0.6 is 11.8 Å². The number of rotatable bonds is 6. The van der Waals surface area contributed by atoms with Crippen molar-refractivity contribution in [1.29, 1.82) is 0 Å². The van der Waals surface area contributed by atoms with Crippen molar-refractivity contribution in [2.45, 2.75) is 56.7 Å². The Balaban J connectivity index is 1.49. The number of benzene rings is 1. The van der Waals surface area contributed by atoms with Gasteiger partial charge in [-0.15, -0.1) is 11.8 Å². The van der Waals surface area contributed by atoms with Gasteiger partial charge in [0.25, 0.3) is 0 Å². The normalized spacial score (nSPS) is 26.1. The van der Waals surface area contributed by atoms with Crippen molar-refractivity contribution < 1.29 is 9.53 Å². The average molecular weight is 349 g/mol. The molecule has 1 amide bonds. The van der Waals surface area contributed by atoms with Crippen LogP contribution in [0.25, 0.3) is 0 Å². The minimum Gasteiger partial charge on any atom is -0.373 e. The van der Waals surface area contributed by atoms with Gasteiger partial charge in [0.15, 0.2) is 0 Å². The molecule has 3 rings (SSSR count). The first-order valence-corrected chi connectivity index (χ1v) is 10.0. The standard InChI is InChI=1S/C19H28N2O2S/c1-14-11-21(12-15(2)23-14)13-17-6-4-16(5-7-17)10-20-18(22)19(24-3)8-9-19/h4-7,14-15H,8-13H2,1-3H3,(H,20,22)/t14-,15-/m0/s1. The summed E-state index contributed by atoms with van der Waals surface area (Å²) >= 11 is 1.68. The molecule has 1 saturated carbocycles. The third-order valence-electron chi connectivity index (χ3n) is 4.89. The molecule has 0 aromatic heterocycles. The first-order chi connectivity index (χ1) is 11.5. The van der Waals surface area contributed by atoms with Gasteiger partial charge in [-0.3, -0.25) is 9.69 Å². The van der Waals surface area contributed by atoms with Gasteiger partial charge < -0.3 is 10.1 Å². The topological polar surface area (TPSA) is 41.6 Å². The molecule has 0 bridgehead atoms. The molecule has 2 fully saturated rings. The monoisotopic (exact) mass is 348 g/mol. The van der Waals surface area contributed by atoms with Crippen molar-refractivity contribution in [2.75, 3.05) is 19.3 Å². The molecular formula is C19H28N2O2S. The van der Waals surface area contributed by atoms with E-state index in [1.54, 1.807) is 11.8 Å². The maximum atomic E-state index is 12.2. The number of thioether (sulfide) groups is 1. The predicted octanol–water partition coefficient (Wildman–Crippen LogP) is 2.81. The first kappa shape index (κ1) is 17.8. The van der Waals surface area contributed by atoms with Crippen LogP contribution in [-0.4, -0.2) is 47.1 Å². The van der Waals surface area contributed by atoms with Crippen molar-refractivity contribution in [1.82, 2.24) is 10.2 Å². The second-order valence-electron chi connectivity index (χ2n) is 7.15. The molecule has 2 atom stereocenters. The summed E-state index contributed by atoms with van der Waals surface area (Å²) in [7, 11) is 0. The highest BCUT2D eigenvalue weighted by Gasteiger charge is 2.49. The fourth-order valence-corrected chi connectivity index (χ4v) is 4.18. The molecule has 1 aromatic rings. The Morgan fingerprint density at radius 2 is 1.79 bits per heavy atom. The smallest absolute Gasteiger partial charge is 0.236 e. The van der Waals surface area contributed by atoms with Gasteiger partial charge >= 0.3 is 0 Å². The number of nitrogens with zero attached hydrogens (tertiary/aromatic N) is 1. The van der Waals surface area contributed by atoms with Crippen LogP contribution in [0.4, 0.5) is 0 Å². The van der Waals surface area contributed by atoms with Crippen molar-refractivity contribution >= 4 is 17.7 Å². The third-order valence-corrected chi connectivity index (χ3v) is 6.26. The van der Waals surface area contributed by atoms with Crippen LogP contribution in [0.2, 0.25) is 0 Å². The van der Waals surface area contributed by atoms with E-state index in [9.17, 15) is 4.79 Å². The van der Waals surface area contributed by atoms with Crippen LogP contribution in [0, 0.1) is 0 Å². The van der Waals surface area contributed by atoms with Crippen LogP contribution in [0.5, 0.6) is 0 Å². The molecule has 5 heteroatoms. The molecule has 0 radical (unpaired) electrons. The predicted molar refractivity (Wildman–Crippen MR) is 99.1 cm³/mol. The van der Waals surface area contributed by atoms with Crippen LogP contribution in [0.15, 0.2) is 24.3 Å². The summed E-state index contributed by atoms with van der Waals surface area (Å²) in [4.78, 5) is 14.6. The van der Waals surface area contributed by atoms with Crippen LogP contribution in [-0.2, 0) is 22.6 Å². The Hall–Kier alpha value is -1.04. The van der Waals surface area contributed by atoms with E-state index >= 15 is 0 Å². The molecule has 1 aliphatic heterocycles. The number of nitrogens with one attached hydrogen (secondary N) is 1. The number of morpholine rings is 1. The van der Waals surface area contributed by atoms with Crippen molar-refractivity contribution in [3.8, 4) is 0 Å². The lowest BCUT2D eigenvalue weighted by molar-refractivity contribution is -0.121. The van der Waals surface area contributed by atoms with Gasteiger partial charge in [-0.05, 0) is 44.1 Å². The Labute approximate surface area is 149 Å². The molecule has 1 saturated heterocycles. The second-order valence-corrected chi connectivity index (χ2v) is 8.34. The number of carbonyl (C=O) groups is 1. The molecular weight excluding hydrogens is 320 g/mol. The zero-order valence-corrected chi connectivity index (χ0v) is 15.7. The SMILES string of the molecule is CSC1(C(=O)NCc2ccc(CN3C[C@H](C)O[C@@H](C)C3)cc2)CC1. The first-order valence-electron chi connectivity index (χ1n) is 8.80. The zero-order valence-electron chi connectivity index (χ0n) is 14.9. The van der Waals surface area contributed by atoms with Gasteiger partial charge in [-0.25, -0.2) is 0 Å². The van der Waals surface area contributed by atoms with Gasteiger partial charge in [-0.2, -0.15) is 0 Å². The van der Waals surface area contributed by atoms with Crippen molar-refractivity contribution in [2.24, 2.45) is 0 Å². The Bertz CT molecular complexity index is 561. The van der Waals surface area contributed by atoms with E-state index in [4.69, 9.17) is 4.74 Å². The lowest BCUT2D eigenvalue weighted by Gasteiger charge is -2.35. The number of ether oxygens (including phenoxy) is 1. The van der Waals surface area contributed by atoms with Crippen LogP contribution < -0.4 is 5.32 Å². The minimum absolute atomic E-state index is 0.135. The summed E-state index contributed by atoms with van der Waals surface area (Å²) in [6.45, 7) is 7.82. The van der Waals surface area contributed by atoms with E-state index in [2.05, 4.69) is 48.3 Å². The van der Waals surface area contributed by atoms with Gasteiger partial charge in [0, 0.05) is 26.2 Å². The fourth-order valence-electron chi connectivity index (χ4n) is 3.42. The fraction of sp³-hybridized carbons (Fsp3) is 0.632. The largest absolute Gasteiger partial charge is 0.373 e. The molecule has 24 heavy (non-hydrogen) atoms. The molecule has 0 spiro atoms. The lowest BCUT2D eigenvalue weighted by atomic mass is 10.1. The van der Waals surface area contributed by atoms with E-state index in [0.29, 0.717) is 18.8 Å². The summed E-state index contributed by atoms with van der Waals surface area (Å²) in [6.07, 6.45) is 4.64. The summed E-state index contributed by atoms with van der Waals surface area (Å²) in [5.74, 6) is 0.190. The third kappa shape index (κ3) is 4.32. The number of amides is 1. The number of hydrogen-bond acceptors (Lipinski definition) is 4. The molecule has 0 unspecified atom stereocenters. The van der Waals surface area contributed by atoms with Crippen molar-refractivity contribution in [3.63, 3.8) is 0 Å². The number of carbonyl (C=O) groups excluding carboxylic acids is 1. The lowest BCUT2D eigenvalue weighted by Crippen LogP contribution is -2.44. The molecule has 2 aliphatic rings. The summed E-state index contributed by atoms with van der Waals surface area (Å²) in [5, 5.41) is 3.08. The molecule has 1 aliphatic carbocycles. The van der Waals surface area contributed by atoms with E-state index in [-0.39, 0.29) is 10.7 Å². The molecule has 132 valence electrons. The summed E-state index contributed by atoms with van der Waals surface area (Å²) in [6, 6.07) is 8.60. The van der Waals surface area contributed by atoms with E-state index in [1.807, 2.05) is 6.26 Å². The molecule has 1 N–H and O–H groups in total. The average Bonchev–Trinajstić information content (AvgIpc) is 3.34. The zero-order chi connectivity index (χ0) is 17.2. The quantitative estimate of drug-likeness (QED) is 0.858. The second kappa shape index (κ2) is 7.46. The van der Waals surface area contributed by atoms with E-state index in [1.165, 1.54) is 5.56 Å². The highest BCUT2D eigenvalue weighted by Crippen LogP contribution is 2.47. The Morgan fingerprint density at radius 3 is 2.33 bits per heavy atom.